The Labute approximate surface area is 146 Å². The van der Waals surface area contributed by atoms with Crippen LogP contribution in [0.3, 0.4) is 0 Å². The molecule has 1 atom stereocenters. The van der Waals surface area contributed by atoms with Gasteiger partial charge >= 0.3 is 6.09 Å². The fraction of sp³-hybridized carbons (Fsp3) is 0.611. The van der Waals surface area contributed by atoms with E-state index in [0.29, 0.717) is 18.3 Å². The first-order valence-corrected chi connectivity index (χ1v) is 8.92. The molecule has 1 aliphatic carbocycles. The van der Waals surface area contributed by atoms with Crippen molar-refractivity contribution in [1.82, 2.24) is 19.4 Å². The lowest BCUT2D eigenvalue weighted by Crippen LogP contribution is -2.53. The molecule has 25 heavy (non-hydrogen) atoms. The van der Waals surface area contributed by atoms with Crippen molar-refractivity contribution >= 4 is 22.9 Å². The van der Waals surface area contributed by atoms with Crippen LogP contribution in [0.2, 0.25) is 0 Å². The third-order valence-electron chi connectivity index (χ3n) is 5.41. The first-order valence-electron chi connectivity index (χ1n) is 8.92. The molecule has 0 spiro atoms. The highest BCUT2D eigenvalue weighted by molar-refractivity contribution is 5.92. The van der Waals surface area contributed by atoms with Gasteiger partial charge in [0.1, 0.15) is 17.8 Å². The molecule has 0 bridgehead atoms. The van der Waals surface area contributed by atoms with Gasteiger partial charge in [-0.1, -0.05) is 0 Å². The number of nitrogen functional groups attached to an aromatic ring is 1. The third-order valence-corrected chi connectivity index (χ3v) is 5.41. The highest BCUT2D eigenvalue weighted by Gasteiger charge is 2.39. The van der Waals surface area contributed by atoms with Gasteiger partial charge in [0.15, 0.2) is 0 Å². The van der Waals surface area contributed by atoms with E-state index in [2.05, 4.69) is 14.5 Å². The van der Waals surface area contributed by atoms with Crippen LogP contribution in [0.25, 0.3) is 11.0 Å². The second kappa shape index (κ2) is 5.34. The van der Waals surface area contributed by atoms with Crippen LogP contribution >= 0.6 is 0 Å². The predicted molar refractivity (Wildman–Crippen MR) is 95.6 cm³/mol. The average molecular weight is 343 g/mol. The number of rotatable bonds is 2. The summed E-state index contributed by atoms with van der Waals surface area (Å²) in [5.41, 5.74) is 9.18. The summed E-state index contributed by atoms with van der Waals surface area (Å²) in [6.45, 7) is 6.46. The Balaban J connectivity index is 1.82. The number of aromatic nitrogens is 3. The minimum atomic E-state index is -0.867. The van der Waals surface area contributed by atoms with Gasteiger partial charge in [0, 0.05) is 17.8 Å². The normalized spacial score (nSPS) is 20.5. The largest absolute Gasteiger partial charge is 0.465 e. The van der Waals surface area contributed by atoms with E-state index in [1.165, 1.54) is 30.4 Å². The Morgan fingerprint density at radius 2 is 2.04 bits per heavy atom. The van der Waals surface area contributed by atoms with Crippen molar-refractivity contribution in [3.8, 4) is 0 Å². The van der Waals surface area contributed by atoms with E-state index in [-0.39, 0.29) is 6.04 Å². The molecule has 1 fully saturated rings. The molecule has 2 aliphatic rings. The Bertz CT molecular complexity index is 847. The standard InChI is InChI=1S/C18H25N5O2/c1-18(2,3)23(17(24)25)11-6-7-12-13(10-4-5-10)14-15(19)20-9-21-16(14)22(12)8-11/h9-11H,4-8H2,1-3H3,(H,24,25)(H2,19,20,21). The number of carbonyl (C=O) groups is 1. The summed E-state index contributed by atoms with van der Waals surface area (Å²) in [6.07, 6.45) is 4.69. The first-order chi connectivity index (χ1) is 11.8. The quantitative estimate of drug-likeness (QED) is 0.873. The number of hydrogen-bond acceptors (Lipinski definition) is 4. The Morgan fingerprint density at radius 3 is 2.64 bits per heavy atom. The molecule has 3 heterocycles. The fourth-order valence-corrected chi connectivity index (χ4v) is 4.36. The van der Waals surface area contributed by atoms with Gasteiger partial charge in [-0.25, -0.2) is 14.8 Å². The maximum absolute atomic E-state index is 11.9. The molecule has 3 N–H and O–H groups in total. The molecule has 2 aromatic rings. The number of anilines is 1. The first kappa shape index (κ1) is 16.2. The molecule has 2 aromatic heterocycles. The van der Waals surface area contributed by atoms with Crippen molar-refractivity contribution in [2.75, 3.05) is 5.73 Å². The molecule has 7 nitrogen and oxygen atoms in total. The highest BCUT2D eigenvalue weighted by atomic mass is 16.4. The number of amides is 1. The summed E-state index contributed by atoms with van der Waals surface area (Å²) in [5, 5.41) is 10.7. The lowest BCUT2D eigenvalue weighted by molar-refractivity contribution is 0.0574. The highest BCUT2D eigenvalue weighted by Crippen LogP contribution is 2.48. The van der Waals surface area contributed by atoms with Gasteiger partial charge in [0.25, 0.3) is 0 Å². The molecular formula is C18H25N5O2. The Kier molecular flexibility index (Phi) is 3.46. The van der Waals surface area contributed by atoms with E-state index in [1.807, 2.05) is 20.8 Å². The van der Waals surface area contributed by atoms with Crippen molar-refractivity contribution in [2.24, 2.45) is 0 Å². The van der Waals surface area contributed by atoms with Crippen molar-refractivity contribution in [3.05, 3.63) is 17.6 Å². The zero-order chi connectivity index (χ0) is 17.9. The van der Waals surface area contributed by atoms with Crippen molar-refractivity contribution < 1.29 is 9.90 Å². The van der Waals surface area contributed by atoms with Crippen LogP contribution < -0.4 is 5.73 Å². The van der Waals surface area contributed by atoms with E-state index in [9.17, 15) is 9.90 Å². The Hall–Kier alpha value is -2.31. The average Bonchev–Trinajstić information content (AvgIpc) is 3.28. The van der Waals surface area contributed by atoms with E-state index in [4.69, 9.17) is 5.73 Å². The van der Waals surface area contributed by atoms with E-state index in [0.717, 1.165) is 23.9 Å². The van der Waals surface area contributed by atoms with Gasteiger partial charge in [0.2, 0.25) is 0 Å². The molecule has 1 aliphatic heterocycles. The van der Waals surface area contributed by atoms with Crippen LogP contribution in [0.5, 0.6) is 0 Å². The molecule has 0 radical (unpaired) electrons. The van der Waals surface area contributed by atoms with E-state index >= 15 is 0 Å². The topological polar surface area (TPSA) is 97.3 Å². The number of fused-ring (bicyclic) bond motifs is 3. The van der Waals surface area contributed by atoms with Gasteiger partial charge in [-0.15, -0.1) is 0 Å². The molecule has 4 rings (SSSR count). The molecule has 1 amide bonds. The van der Waals surface area contributed by atoms with Crippen LogP contribution in [0, 0.1) is 0 Å². The summed E-state index contributed by atoms with van der Waals surface area (Å²) < 4.78 is 2.19. The number of hydrogen-bond donors (Lipinski definition) is 2. The van der Waals surface area contributed by atoms with Crippen LogP contribution in [0.1, 0.15) is 57.2 Å². The van der Waals surface area contributed by atoms with Crippen LogP contribution in [-0.4, -0.2) is 42.2 Å². The zero-order valence-corrected chi connectivity index (χ0v) is 15.0. The smallest absolute Gasteiger partial charge is 0.408 e. The van der Waals surface area contributed by atoms with Crippen LogP contribution in [-0.2, 0) is 13.0 Å². The molecule has 1 saturated carbocycles. The van der Waals surface area contributed by atoms with Gasteiger partial charge in [-0.3, -0.25) is 4.90 Å². The summed E-state index contributed by atoms with van der Waals surface area (Å²) in [7, 11) is 0. The van der Waals surface area contributed by atoms with Gasteiger partial charge in [-0.05, 0) is 57.9 Å². The molecule has 0 saturated heterocycles. The minimum Gasteiger partial charge on any atom is -0.465 e. The number of carboxylic acid groups (broad SMARTS) is 1. The fourth-order valence-electron chi connectivity index (χ4n) is 4.36. The minimum absolute atomic E-state index is 0.0659. The molecule has 0 aromatic carbocycles. The molecule has 1 unspecified atom stereocenters. The second-order valence-corrected chi connectivity index (χ2v) is 8.22. The maximum atomic E-state index is 11.9. The maximum Gasteiger partial charge on any atom is 0.408 e. The van der Waals surface area contributed by atoms with Crippen LogP contribution in [0.4, 0.5) is 10.6 Å². The monoisotopic (exact) mass is 343 g/mol. The summed E-state index contributed by atoms with van der Waals surface area (Å²) >= 11 is 0. The second-order valence-electron chi connectivity index (χ2n) is 8.22. The summed E-state index contributed by atoms with van der Waals surface area (Å²) in [4.78, 5) is 22.1. The SMILES string of the molecule is CC(C)(C)N(C(=O)O)C1CCc2c(C3CC3)c3c(N)ncnc3n2C1. The van der Waals surface area contributed by atoms with E-state index < -0.39 is 11.6 Å². The molecule has 7 heteroatoms. The van der Waals surface area contributed by atoms with Gasteiger partial charge in [-0.2, -0.15) is 0 Å². The lowest BCUT2D eigenvalue weighted by atomic mass is 9.95. The van der Waals surface area contributed by atoms with Gasteiger partial charge < -0.3 is 15.4 Å². The molecular weight excluding hydrogens is 318 g/mol. The number of nitrogens with zero attached hydrogens (tertiary/aromatic N) is 4. The zero-order valence-electron chi connectivity index (χ0n) is 15.0. The Morgan fingerprint density at radius 1 is 1.32 bits per heavy atom. The van der Waals surface area contributed by atoms with Crippen molar-refractivity contribution in [3.63, 3.8) is 0 Å². The summed E-state index contributed by atoms with van der Waals surface area (Å²) in [5.74, 6) is 1.10. The molecule has 134 valence electrons. The van der Waals surface area contributed by atoms with Crippen molar-refractivity contribution in [1.29, 1.82) is 0 Å². The van der Waals surface area contributed by atoms with Gasteiger partial charge in [0.05, 0.1) is 11.4 Å². The lowest BCUT2D eigenvalue weighted by Gasteiger charge is -2.41. The third kappa shape index (κ3) is 2.53. The van der Waals surface area contributed by atoms with E-state index in [1.54, 1.807) is 4.90 Å². The predicted octanol–water partition coefficient (Wildman–Crippen LogP) is 2.98. The summed E-state index contributed by atoms with van der Waals surface area (Å²) in [6, 6.07) is -0.0659. The number of nitrogens with two attached hydrogens (primary N) is 1. The van der Waals surface area contributed by atoms with Crippen LogP contribution in [0.15, 0.2) is 6.33 Å². The van der Waals surface area contributed by atoms with Crippen molar-refractivity contribution in [2.45, 2.75) is 70.5 Å².